The van der Waals surface area contributed by atoms with E-state index in [9.17, 15) is 19.5 Å². The standard InChI is InChI=1S/C36H37N3O4/c1-24-18-25(2)31-17-16-28(20-26-10-5-3-6-11-26)34(32(31)19-24)39(23-27-12-7-4-8-13-27)33(40)22-37-36(43)38-30-15-9-14-29(21-30)35(41)42/h3-15,18-19,21,28,34H,16-17,20,22-23H2,1-2H3,(H,41,42)(H2,37,38,43). The number of carbonyl (C=O) groups excluding carboxylic acids is 2. The van der Waals surface area contributed by atoms with Gasteiger partial charge in [0.2, 0.25) is 5.91 Å². The number of aromatic carboxylic acids is 1. The summed E-state index contributed by atoms with van der Waals surface area (Å²) >= 11 is 0. The number of carboxylic acid groups (broad SMARTS) is 1. The van der Waals surface area contributed by atoms with E-state index in [0.717, 1.165) is 30.4 Å². The Balaban J connectivity index is 1.44. The van der Waals surface area contributed by atoms with Crippen molar-refractivity contribution in [2.24, 2.45) is 5.92 Å². The van der Waals surface area contributed by atoms with Gasteiger partial charge in [-0.2, -0.15) is 0 Å². The van der Waals surface area contributed by atoms with Crippen molar-refractivity contribution in [2.75, 3.05) is 11.9 Å². The molecule has 0 heterocycles. The highest BCUT2D eigenvalue weighted by Crippen LogP contribution is 2.42. The Labute approximate surface area is 252 Å². The number of nitrogens with one attached hydrogen (secondary N) is 2. The lowest BCUT2D eigenvalue weighted by molar-refractivity contribution is -0.135. The van der Waals surface area contributed by atoms with Crippen LogP contribution in [0.25, 0.3) is 0 Å². The lowest BCUT2D eigenvalue weighted by Gasteiger charge is -2.42. The Bertz CT molecular complexity index is 1600. The molecule has 0 saturated carbocycles. The minimum Gasteiger partial charge on any atom is -0.478 e. The Morgan fingerprint density at radius 3 is 2.26 bits per heavy atom. The molecule has 0 saturated heterocycles. The number of hydrogen-bond donors (Lipinski definition) is 3. The molecule has 4 aromatic carbocycles. The highest BCUT2D eigenvalue weighted by molar-refractivity contribution is 5.94. The summed E-state index contributed by atoms with van der Waals surface area (Å²) in [6, 6.07) is 30.0. The van der Waals surface area contributed by atoms with Crippen LogP contribution in [-0.2, 0) is 24.2 Å². The molecule has 1 aliphatic carbocycles. The molecule has 0 spiro atoms. The molecule has 3 amide bonds. The first-order valence-electron chi connectivity index (χ1n) is 14.6. The van der Waals surface area contributed by atoms with Gasteiger partial charge in [0.1, 0.15) is 0 Å². The van der Waals surface area contributed by atoms with Gasteiger partial charge in [-0.05, 0) is 85.0 Å². The molecule has 3 N–H and O–H groups in total. The molecule has 7 nitrogen and oxygen atoms in total. The van der Waals surface area contributed by atoms with Gasteiger partial charge >= 0.3 is 12.0 Å². The van der Waals surface area contributed by atoms with E-state index in [4.69, 9.17) is 0 Å². The fourth-order valence-electron chi connectivity index (χ4n) is 6.21. The number of amides is 3. The third kappa shape index (κ3) is 7.30. The van der Waals surface area contributed by atoms with Gasteiger partial charge in [0, 0.05) is 12.2 Å². The normalized spacial score (nSPS) is 15.7. The van der Waals surface area contributed by atoms with Crippen LogP contribution in [0.2, 0.25) is 0 Å². The van der Waals surface area contributed by atoms with E-state index < -0.39 is 12.0 Å². The second-order valence-electron chi connectivity index (χ2n) is 11.3. The van der Waals surface area contributed by atoms with Gasteiger partial charge < -0.3 is 20.6 Å². The second-order valence-corrected chi connectivity index (χ2v) is 11.3. The van der Waals surface area contributed by atoms with Gasteiger partial charge in [-0.15, -0.1) is 0 Å². The Kier molecular flexibility index (Phi) is 9.20. The van der Waals surface area contributed by atoms with Crippen molar-refractivity contribution >= 4 is 23.6 Å². The van der Waals surface area contributed by atoms with Crippen molar-refractivity contribution in [2.45, 2.75) is 45.7 Å². The van der Waals surface area contributed by atoms with Gasteiger partial charge in [-0.25, -0.2) is 9.59 Å². The Morgan fingerprint density at radius 2 is 1.56 bits per heavy atom. The van der Waals surface area contributed by atoms with Crippen LogP contribution in [0.5, 0.6) is 0 Å². The van der Waals surface area contributed by atoms with E-state index in [0.29, 0.717) is 12.2 Å². The molecule has 0 aromatic heterocycles. The number of anilines is 1. The maximum atomic E-state index is 14.1. The van der Waals surface area contributed by atoms with Crippen LogP contribution in [0.1, 0.15) is 56.2 Å². The number of carboxylic acids is 1. The predicted molar refractivity (Wildman–Crippen MR) is 168 cm³/mol. The number of aryl methyl sites for hydroxylation is 2. The number of urea groups is 1. The van der Waals surface area contributed by atoms with Gasteiger partial charge in [0.25, 0.3) is 0 Å². The minimum absolute atomic E-state index is 0.0638. The zero-order chi connectivity index (χ0) is 30.3. The summed E-state index contributed by atoms with van der Waals surface area (Å²) in [7, 11) is 0. The number of rotatable bonds is 9. The predicted octanol–water partition coefficient (Wildman–Crippen LogP) is 6.70. The average molecular weight is 576 g/mol. The van der Waals surface area contributed by atoms with Crippen molar-refractivity contribution in [3.63, 3.8) is 0 Å². The van der Waals surface area contributed by atoms with Crippen LogP contribution in [0.4, 0.5) is 10.5 Å². The number of hydrogen-bond acceptors (Lipinski definition) is 3. The summed E-state index contributed by atoms with van der Waals surface area (Å²) in [6.07, 6.45) is 2.74. The fraction of sp³-hybridized carbons (Fsp3) is 0.250. The quantitative estimate of drug-likeness (QED) is 0.207. The van der Waals surface area contributed by atoms with E-state index in [2.05, 4.69) is 60.9 Å². The molecular formula is C36H37N3O4. The average Bonchev–Trinajstić information content (AvgIpc) is 3.00. The fourth-order valence-corrected chi connectivity index (χ4v) is 6.21. The molecule has 220 valence electrons. The zero-order valence-corrected chi connectivity index (χ0v) is 24.5. The van der Waals surface area contributed by atoms with E-state index in [-0.39, 0.29) is 30.0 Å². The molecule has 0 aliphatic heterocycles. The first kappa shape index (κ1) is 29.6. The highest BCUT2D eigenvalue weighted by atomic mass is 16.4. The first-order chi connectivity index (χ1) is 20.8. The molecule has 0 fully saturated rings. The van der Waals surface area contributed by atoms with Crippen LogP contribution in [-0.4, -0.2) is 34.5 Å². The van der Waals surface area contributed by atoms with E-state index in [1.54, 1.807) is 12.1 Å². The molecule has 43 heavy (non-hydrogen) atoms. The van der Waals surface area contributed by atoms with Crippen LogP contribution in [0.3, 0.4) is 0 Å². The Hall–Kier alpha value is -4.91. The lowest BCUT2D eigenvalue weighted by Crippen LogP contribution is -2.46. The summed E-state index contributed by atoms with van der Waals surface area (Å²) in [6.45, 7) is 4.45. The molecule has 0 radical (unpaired) electrons. The van der Waals surface area contributed by atoms with E-state index in [1.165, 1.54) is 34.4 Å². The van der Waals surface area contributed by atoms with Crippen LogP contribution >= 0.6 is 0 Å². The number of carbonyl (C=O) groups is 3. The first-order valence-corrected chi connectivity index (χ1v) is 14.6. The lowest BCUT2D eigenvalue weighted by atomic mass is 9.74. The molecular weight excluding hydrogens is 538 g/mol. The van der Waals surface area contributed by atoms with Gasteiger partial charge in [0.15, 0.2) is 0 Å². The SMILES string of the molecule is Cc1cc(C)c2c(c1)C(N(Cc1ccccc1)C(=O)CNC(=O)Nc1cccc(C(=O)O)c1)C(Cc1ccccc1)CC2. The number of benzene rings is 4. The van der Waals surface area contributed by atoms with E-state index in [1.807, 2.05) is 41.3 Å². The largest absolute Gasteiger partial charge is 0.478 e. The van der Waals surface area contributed by atoms with Crippen molar-refractivity contribution in [1.82, 2.24) is 10.2 Å². The monoisotopic (exact) mass is 575 g/mol. The highest BCUT2D eigenvalue weighted by Gasteiger charge is 2.37. The topological polar surface area (TPSA) is 98.7 Å². The summed E-state index contributed by atoms with van der Waals surface area (Å²) in [5, 5.41) is 14.6. The summed E-state index contributed by atoms with van der Waals surface area (Å²) < 4.78 is 0. The molecule has 1 aliphatic rings. The van der Waals surface area contributed by atoms with Crippen LogP contribution in [0.15, 0.2) is 97.1 Å². The molecule has 0 bridgehead atoms. The summed E-state index contributed by atoms with van der Waals surface area (Å²) in [5.41, 5.74) is 7.54. The van der Waals surface area contributed by atoms with Crippen LogP contribution < -0.4 is 10.6 Å². The molecule has 5 rings (SSSR count). The maximum Gasteiger partial charge on any atom is 0.335 e. The zero-order valence-electron chi connectivity index (χ0n) is 24.5. The molecule has 7 heteroatoms. The van der Waals surface area contributed by atoms with Crippen molar-refractivity contribution in [1.29, 1.82) is 0 Å². The summed E-state index contributed by atoms with van der Waals surface area (Å²) in [4.78, 5) is 40.2. The minimum atomic E-state index is -1.08. The van der Waals surface area contributed by atoms with Crippen molar-refractivity contribution in [3.8, 4) is 0 Å². The molecule has 2 unspecified atom stereocenters. The maximum absolute atomic E-state index is 14.1. The van der Waals surface area contributed by atoms with Gasteiger partial charge in [-0.3, -0.25) is 4.79 Å². The van der Waals surface area contributed by atoms with Gasteiger partial charge in [-0.1, -0.05) is 84.4 Å². The third-order valence-corrected chi connectivity index (χ3v) is 8.14. The van der Waals surface area contributed by atoms with E-state index >= 15 is 0 Å². The van der Waals surface area contributed by atoms with Crippen molar-refractivity contribution in [3.05, 3.63) is 136 Å². The number of nitrogens with zero attached hydrogens (tertiary/aromatic N) is 1. The van der Waals surface area contributed by atoms with Crippen molar-refractivity contribution < 1.29 is 19.5 Å². The Morgan fingerprint density at radius 1 is 0.860 bits per heavy atom. The third-order valence-electron chi connectivity index (χ3n) is 8.14. The number of fused-ring (bicyclic) bond motifs is 1. The molecule has 4 aromatic rings. The smallest absolute Gasteiger partial charge is 0.335 e. The molecule has 2 atom stereocenters. The summed E-state index contributed by atoms with van der Waals surface area (Å²) in [5.74, 6) is -1.08. The van der Waals surface area contributed by atoms with Crippen LogP contribution in [0, 0.1) is 19.8 Å². The second kappa shape index (κ2) is 13.4. The van der Waals surface area contributed by atoms with Gasteiger partial charge in [0.05, 0.1) is 18.2 Å².